The van der Waals surface area contributed by atoms with Gasteiger partial charge in [0, 0.05) is 18.9 Å². The first kappa shape index (κ1) is 13.9. The van der Waals surface area contributed by atoms with E-state index in [0.717, 1.165) is 0 Å². The van der Waals surface area contributed by atoms with Crippen molar-refractivity contribution in [2.75, 3.05) is 19.8 Å². The minimum Gasteiger partial charge on any atom is -0.372 e. The van der Waals surface area contributed by atoms with Gasteiger partial charge in [-0.15, -0.1) is 0 Å². The van der Waals surface area contributed by atoms with Crippen LogP contribution in [-0.2, 0) is 11.2 Å². The van der Waals surface area contributed by atoms with E-state index in [2.05, 4.69) is 14.9 Å². The van der Waals surface area contributed by atoms with Crippen molar-refractivity contribution in [1.82, 2.24) is 10.1 Å². The molecule has 1 aromatic heterocycles. The van der Waals surface area contributed by atoms with Crippen LogP contribution >= 0.6 is 0 Å². The predicted molar refractivity (Wildman–Crippen MR) is 52.3 cm³/mol. The number of nitrogens with two attached hydrogens (primary N) is 1. The van der Waals surface area contributed by atoms with Crippen LogP contribution in [0, 0.1) is 0 Å². The number of aromatic nitrogens is 2. The second kappa shape index (κ2) is 5.97. The van der Waals surface area contributed by atoms with E-state index in [1.165, 1.54) is 0 Å². The fourth-order valence-electron chi connectivity index (χ4n) is 1.02. The minimum atomic E-state index is -4.31. The maximum atomic E-state index is 11.7. The van der Waals surface area contributed by atoms with E-state index in [1.54, 1.807) is 0 Å². The lowest BCUT2D eigenvalue weighted by Gasteiger charge is -2.05. The highest BCUT2D eigenvalue weighted by Crippen LogP contribution is 2.15. The van der Waals surface area contributed by atoms with Crippen LogP contribution in [0.3, 0.4) is 0 Å². The topological polar surface area (TPSA) is 74.2 Å². The zero-order valence-electron chi connectivity index (χ0n) is 9.33. The zero-order valence-corrected chi connectivity index (χ0v) is 9.33. The molecule has 0 aliphatic carbocycles. The molecule has 5 nitrogen and oxygen atoms in total. The van der Waals surface area contributed by atoms with Gasteiger partial charge < -0.3 is 15.0 Å². The van der Waals surface area contributed by atoms with Crippen LogP contribution < -0.4 is 5.73 Å². The third-order valence-electron chi connectivity index (χ3n) is 1.99. The number of hydrogen-bond acceptors (Lipinski definition) is 5. The molecule has 1 unspecified atom stereocenters. The van der Waals surface area contributed by atoms with Crippen molar-refractivity contribution in [2.24, 2.45) is 5.73 Å². The van der Waals surface area contributed by atoms with Gasteiger partial charge in [-0.2, -0.15) is 18.2 Å². The van der Waals surface area contributed by atoms with Gasteiger partial charge in [0.15, 0.2) is 5.82 Å². The summed E-state index contributed by atoms with van der Waals surface area (Å²) < 4.78 is 44.6. The predicted octanol–water partition coefficient (Wildman–Crippen LogP) is 1.25. The van der Waals surface area contributed by atoms with Crippen LogP contribution in [0.25, 0.3) is 0 Å². The molecule has 2 N–H and O–H groups in total. The number of halogens is 3. The Labute approximate surface area is 96.1 Å². The van der Waals surface area contributed by atoms with E-state index >= 15 is 0 Å². The zero-order chi connectivity index (χ0) is 12.9. The quantitative estimate of drug-likeness (QED) is 0.772. The summed E-state index contributed by atoms with van der Waals surface area (Å²) in [5.41, 5.74) is 5.41. The van der Waals surface area contributed by atoms with Crippen LogP contribution in [0.5, 0.6) is 0 Å². The summed E-state index contributed by atoms with van der Waals surface area (Å²) in [6.07, 6.45) is -4.13. The number of rotatable bonds is 6. The van der Waals surface area contributed by atoms with Gasteiger partial charge in [0.05, 0.1) is 6.61 Å². The fourth-order valence-corrected chi connectivity index (χ4v) is 1.02. The molecule has 0 aliphatic rings. The molecule has 0 fully saturated rings. The summed E-state index contributed by atoms with van der Waals surface area (Å²) >= 11 is 0. The molecule has 0 saturated carbocycles. The standard InChI is InChI=1S/C9H14F3N3O2/c1-6(4-13)8-14-7(15-17-8)2-3-16-5-9(10,11)12/h6H,2-5,13H2,1H3. The first-order valence-corrected chi connectivity index (χ1v) is 5.09. The molecule has 0 aliphatic heterocycles. The smallest absolute Gasteiger partial charge is 0.372 e. The third-order valence-corrected chi connectivity index (χ3v) is 1.99. The van der Waals surface area contributed by atoms with Crippen molar-refractivity contribution in [2.45, 2.75) is 25.4 Å². The SMILES string of the molecule is CC(CN)c1nc(CCOCC(F)(F)F)no1. The van der Waals surface area contributed by atoms with Crippen molar-refractivity contribution in [3.63, 3.8) is 0 Å². The van der Waals surface area contributed by atoms with Crippen molar-refractivity contribution in [3.05, 3.63) is 11.7 Å². The molecule has 0 bridgehead atoms. The second-order valence-electron chi connectivity index (χ2n) is 3.60. The Morgan fingerprint density at radius 2 is 2.18 bits per heavy atom. The Morgan fingerprint density at radius 3 is 2.76 bits per heavy atom. The van der Waals surface area contributed by atoms with Gasteiger partial charge in [0.1, 0.15) is 6.61 Å². The lowest BCUT2D eigenvalue weighted by atomic mass is 10.2. The van der Waals surface area contributed by atoms with E-state index in [-0.39, 0.29) is 18.9 Å². The highest BCUT2D eigenvalue weighted by atomic mass is 19.4. The molecule has 1 aromatic rings. The highest BCUT2D eigenvalue weighted by molar-refractivity contribution is 4.92. The largest absolute Gasteiger partial charge is 0.411 e. The van der Waals surface area contributed by atoms with Crippen LogP contribution in [0.4, 0.5) is 13.2 Å². The molecular formula is C9H14F3N3O2. The van der Waals surface area contributed by atoms with E-state index in [1.807, 2.05) is 6.92 Å². The molecule has 1 rings (SSSR count). The lowest BCUT2D eigenvalue weighted by molar-refractivity contribution is -0.173. The van der Waals surface area contributed by atoms with E-state index in [4.69, 9.17) is 10.3 Å². The van der Waals surface area contributed by atoms with Crippen molar-refractivity contribution in [1.29, 1.82) is 0 Å². The lowest BCUT2D eigenvalue weighted by Crippen LogP contribution is -2.18. The van der Waals surface area contributed by atoms with Crippen LogP contribution in [0.15, 0.2) is 4.52 Å². The Hall–Kier alpha value is -1.15. The average Bonchev–Trinajstić information content (AvgIpc) is 2.70. The van der Waals surface area contributed by atoms with Crippen molar-refractivity contribution < 1.29 is 22.4 Å². The normalized spacial score (nSPS) is 13.9. The highest BCUT2D eigenvalue weighted by Gasteiger charge is 2.27. The molecule has 17 heavy (non-hydrogen) atoms. The maximum absolute atomic E-state index is 11.7. The fraction of sp³-hybridized carbons (Fsp3) is 0.778. The summed E-state index contributed by atoms with van der Waals surface area (Å²) in [4.78, 5) is 4.00. The molecule has 0 amide bonds. The Balaban J connectivity index is 2.30. The number of hydrogen-bond donors (Lipinski definition) is 1. The van der Waals surface area contributed by atoms with E-state index < -0.39 is 12.8 Å². The van der Waals surface area contributed by atoms with Crippen molar-refractivity contribution >= 4 is 0 Å². The molecule has 1 heterocycles. The van der Waals surface area contributed by atoms with Gasteiger partial charge in [-0.1, -0.05) is 12.1 Å². The summed E-state index contributed by atoms with van der Waals surface area (Å²) in [6, 6.07) is 0. The number of ether oxygens (including phenoxy) is 1. The summed E-state index contributed by atoms with van der Waals surface area (Å²) in [7, 11) is 0. The van der Waals surface area contributed by atoms with Crippen LogP contribution in [-0.4, -0.2) is 36.1 Å². The molecule has 0 aromatic carbocycles. The molecule has 98 valence electrons. The van der Waals surface area contributed by atoms with Gasteiger partial charge in [0.2, 0.25) is 5.89 Å². The van der Waals surface area contributed by atoms with Gasteiger partial charge in [-0.3, -0.25) is 0 Å². The molecule has 0 radical (unpaired) electrons. The van der Waals surface area contributed by atoms with Crippen molar-refractivity contribution in [3.8, 4) is 0 Å². The van der Waals surface area contributed by atoms with Gasteiger partial charge in [-0.25, -0.2) is 0 Å². The number of alkyl halides is 3. The Kier molecular flexibility index (Phi) is 4.88. The first-order chi connectivity index (χ1) is 7.92. The monoisotopic (exact) mass is 253 g/mol. The van der Waals surface area contributed by atoms with Crippen LogP contribution in [0.1, 0.15) is 24.6 Å². The van der Waals surface area contributed by atoms with Gasteiger partial charge in [0.25, 0.3) is 0 Å². The van der Waals surface area contributed by atoms with E-state index in [0.29, 0.717) is 18.3 Å². The molecule has 0 spiro atoms. The number of nitrogens with zero attached hydrogens (tertiary/aromatic N) is 2. The van der Waals surface area contributed by atoms with Crippen LogP contribution in [0.2, 0.25) is 0 Å². The molecule has 1 atom stereocenters. The van der Waals surface area contributed by atoms with Gasteiger partial charge in [-0.05, 0) is 0 Å². The average molecular weight is 253 g/mol. The second-order valence-corrected chi connectivity index (χ2v) is 3.60. The molecule has 8 heteroatoms. The summed E-state index contributed by atoms with van der Waals surface area (Å²) in [6.45, 7) is 0.816. The summed E-state index contributed by atoms with van der Waals surface area (Å²) in [5.74, 6) is 0.646. The maximum Gasteiger partial charge on any atom is 0.411 e. The minimum absolute atomic E-state index is 0.0626. The third kappa shape index (κ3) is 5.14. The first-order valence-electron chi connectivity index (χ1n) is 5.09. The van der Waals surface area contributed by atoms with Gasteiger partial charge >= 0.3 is 6.18 Å². The Morgan fingerprint density at radius 1 is 1.47 bits per heavy atom. The summed E-state index contributed by atoms with van der Waals surface area (Å²) in [5, 5.41) is 3.62. The Bertz CT molecular complexity index is 340. The molecular weight excluding hydrogens is 239 g/mol. The van der Waals surface area contributed by atoms with E-state index in [9.17, 15) is 13.2 Å². The molecule has 0 saturated heterocycles.